The van der Waals surface area contributed by atoms with E-state index in [2.05, 4.69) is 10.6 Å². The van der Waals surface area contributed by atoms with Crippen LogP contribution in [0, 0.1) is 23.7 Å². The molecule has 0 aromatic carbocycles. The average molecular weight is 719 g/mol. The molecule has 0 unspecified atom stereocenters. The molecule has 0 radical (unpaired) electrons. The van der Waals surface area contributed by atoms with Crippen LogP contribution in [0.15, 0.2) is 46.0 Å². The van der Waals surface area contributed by atoms with Gasteiger partial charge in [-0.2, -0.15) is 0 Å². The second-order valence-electron chi connectivity index (χ2n) is 13.7. The molecule has 4 aliphatic rings. The zero-order chi connectivity index (χ0) is 38.0. The standard InChI is InChI=1S/2C19H25N3O4/c2*1-4-6-12-7-8-14-17-16(18(25)20-5-2)13(10-23)15(22(17)11(3)24)9-21(14)19(12)26/h2*4,6-8,13,15-17,23H,5,9-10H2,1-3H3,(H,20,25)/b6-4+;6-4-/t2*13-,15-,16+,17+/m11/s1. The Kier molecular flexibility index (Phi) is 11.7. The fraction of sp³-hybridized carbons (Fsp3) is 0.526. The number of aliphatic hydroxyl groups is 2. The van der Waals surface area contributed by atoms with Crippen molar-refractivity contribution in [1.82, 2.24) is 29.6 Å². The second-order valence-corrected chi connectivity index (χ2v) is 13.7. The minimum Gasteiger partial charge on any atom is -0.396 e. The van der Waals surface area contributed by atoms with Gasteiger partial charge in [-0.25, -0.2) is 0 Å². The summed E-state index contributed by atoms with van der Waals surface area (Å²) in [6, 6.07) is 5.27. The van der Waals surface area contributed by atoms with Crippen molar-refractivity contribution in [2.75, 3.05) is 26.3 Å². The third kappa shape index (κ3) is 6.42. The van der Waals surface area contributed by atoms with Crippen LogP contribution in [0.5, 0.6) is 0 Å². The number of rotatable bonds is 8. The number of amides is 4. The zero-order valence-electron chi connectivity index (χ0n) is 30.6. The minimum absolute atomic E-state index is 0.132. The summed E-state index contributed by atoms with van der Waals surface area (Å²) in [6.07, 6.45) is 7.10. The predicted molar refractivity (Wildman–Crippen MR) is 194 cm³/mol. The van der Waals surface area contributed by atoms with E-state index in [0.717, 1.165) is 0 Å². The first-order valence-electron chi connectivity index (χ1n) is 18.0. The van der Waals surface area contributed by atoms with Gasteiger partial charge < -0.3 is 39.8 Å². The lowest BCUT2D eigenvalue weighted by Crippen LogP contribution is -2.48. The summed E-state index contributed by atoms with van der Waals surface area (Å²) in [5.74, 6) is -2.64. The molecule has 14 heteroatoms. The van der Waals surface area contributed by atoms with Crippen molar-refractivity contribution < 1.29 is 29.4 Å². The van der Waals surface area contributed by atoms with Crippen LogP contribution in [0.1, 0.15) is 76.1 Å². The smallest absolute Gasteiger partial charge is 0.258 e. The number of carbonyl (C=O) groups excluding carboxylic acids is 4. The Bertz CT molecular complexity index is 1760. The quantitative estimate of drug-likeness (QED) is 0.313. The van der Waals surface area contributed by atoms with Gasteiger partial charge in [0.1, 0.15) is 0 Å². The Morgan fingerprint density at radius 2 is 1.06 bits per heavy atom. The summed E-state index contributed by atoms with van der Waals surface area (Å²) in [6.45, 7) is 11.4. The van der Waals surface area contributed by atoms with Gasteiger partial charge in [0, 0.05) is 87.6 Å². The zero-order valence-corrected chi connectivity index (χ0v) is 30.6. The Labute approximate surface area is 302 Å². The number of nitrogens with one attached hydrogen (secondary N) is 2. The first kappa shape index (κ1) is 38.4. The number of pyridine rings is 2. The van der Waals surface area contributed by atoms with Crippen molar-refractivity contribution in [1.29, 1.82) is 0 Å². The van der Waals surface area contributed by atoms with Crippen molar-refractivity contribution in [2.24, 2.45) is 23.7 Å². The number of nitrogens with zero attached hydrogens (tertiary/aromatic N) is 4. The van der Waals surface area contributed by atoms with Gasteiger partial charge in [0.25, 0.3) is 11.1 Å². The maximum absolute atomic E-state index is 12.8. The molecule has 14 nitrogen and oxygen atoms in total. The molecule has 8 atom stereocenters. The molecule has 6 rings (SSSR count). The number of hydrogen-bond acceptors (Lipinski definition) is 8. The summed E-state index contributed by atoms with van der Waals surface area (Å²) < 4.78 is 3.32. The van der Waals surface area contributed by atoms with Crippen molar-refractivity contribution in [3.8, 4) is 0 Å². The van der Waals surface area contributed by atoms with Gasteiger partial charge in [0.05, 0.1) is 36.0 Å². The van der Waals surface area contributed by atoms with Gasteiger partial charge in [-0.15, -0.1) is 0 Å². The molecule has 280 valence electrons. The maximum Gasteiger partial charge on any atom is 0.258 e. The topological polar surface area (TPSA) is 183 Å². The fourth-order valence-corrected chi connectivity index (χ4v) is 8.91. The molecule has 4 bridgehead atoms. The van der Waals surface area contributed by atoms with Crippen molar-refractivity contribution >= 4 is 35.8 Å². The molecule has 52 heavy (non-hydrogen) atoms. The molecule has 2 aromatic heterocycles. The molecule has 4 aliphatic heterocycles. The van der Waals surface area contributed by atoms with Crippen LogP contribution in [0.4, 0.5) is 0 Å². The normalized spacial score (nSPS) is 26.8. The van der Waals surface area contributed by atoms with Gasteiger partial charge in [-0.1, -0.05) is 24.3 Å². The van der Waals surface area contributed by atoms with Crippen LogP contribution in [-0.4, -0.2) is 91.2 Å². The Morgan fingerprint density at radius 1 is 0.692 bits per heavy atom. The van der Waals surface area contributed by atoms with E-state index >= 15 is 0 Å². The van der Waals surface area contributed by atoms with Crippen molar-refractivity contribution in [3.05, 3.63) is 79.6 Å². The van der Waals surface area contributed by atoms with E-state index in [1.807, 2.05) is 39.8 Å². The van der Waals surface area contributed by atoms with Crippen molar-refractivity contribution in [3.63, 3.8) is 0 Å². The molecule has 4 N–H and O–H groups in total. The van der Waals surface area contributed by atoms with Gasteiger partial charge >= 0.3 is 0 Å². The summed E-state index contributed by atoms with van der Waals surface area (Å²) in [4.78, 5) is 79.1. The lowest BCUT2D eigenvalue weighted by atomic mass is 9.86. The number of aliphatic hydroxyl groups excluding tert-OH is 2. The van der Waals surface area contributed by atoms with Crippen LogP contribution in [0.25, 0.3) is 12.2 Å². The van der Waals surface area contributed by atoms with Crippen LogP contribution >= 0.6 is 0 Å². The summed E-state index contributed by atoms with van der Waals surface area (Å²) >= 11 is 0. The van der Waals surface area contributed by atoms with Crippen LogP contribution in [-0.2, 0) is 32.3 Å². The monoisotopic (exact) mass is 718 g/mol. The number of aromatic nitrogens is 2. The van der Waals surface area contributed by atoms with Gasteiger partial charge in [0.2, 0.25) is 23.6 Å². The molecule has 0 saturated carbocycles. The molecule has 4 amide bonds. The van der Waals surface area contributed by atoms with Gasteiger partial charge in [0.15, 0.2) is 0 Å². The molecule has 2 fully saturated rings. The highest BCUT2D eigenvalue weighted by Gasteiger charge is 2.58. The Morgan fingerprint density at radius 3 is 1.35 bits per heavy atom. The minimum atomic E-state index is -0.574. The second kappa shape index (κ2) is 15.8. The van der Waals surface area contributed by atoms with Crippen LogP contribution in [0.2, 0.25) is 0 Å². The fourth-order valence-electron chi connectivity index (χ4n) is 8.91. The van der Waals surface area contributed by atoms with Crippen LogP contribution in [0.3, 0.4) is 0 Å². The predicted octanol–water partition coefficient (Wildman–Crippen LogP) is 1.06. The third-order valence-corrected chi connectivity index (χ3v) is 10.9. The van der Waals surface area contributed by atoms with Crippen molar-refractivity contribution in [2.45, 2.75) is 78.8 Å². The molecule has 2 aromatic rings. The third-order valence-electron chi connectivity index (χ3n) is 10.9. The highest BCUT2D eigenvalue weighted by molar-refractivity contribution is 5.84. The average Bonchev–Trinajstić information content (AvgIpc) is 3.51. The first-order chi connectivity index (χ1) is 24.9. The highest BCUT2D eigenvalue weighted by atomic mass is 16.3. The largest absolute Gasteiger partial charge is 0.396 e. The number of carbonyl (C=O) groups is 4. The van der Waals surface area contributed by atoms with Gasteiger partial charge in [-0.05, 0) is 52.0 Å². The summed E-state index contributed by atoms with van der Waals surface area (Å²) in [5, 5.41) is 25.6. The first-order valence-corrected chi connectivity index (χ1v) is 18.0. The molecular weight excluding hydrogens is 668 g/mol. The van der Waals surface area contributed by atoms with Crippen LogP contribution < -0.4 is 21.8 Å². The molecule has 6 heterocycles. The Hall–Kier alpha value is -4.82. The number of allylic oxidation sites excluding steroid dienone is 2. The molecular formula is C38H50N6O8. The molecule has 0 spiro atoms. The van der Waals surface area contributed by atoms with E-state index in [4.69, 9.17) is 0 Å². The maximum atomic E-state index is 12.8. The summed E-state index contributed by atoms with van der Waals surface area (Å²) in [7, 11) is 0. The molecule has 2 saturated heterocycles. The van der Waals surface area contributed by atoms with E-state index in [0.29, 0.717) is 35.6 Å². The van der Waals surface area contributed by atoms with E-state index in [1.165, 1.54) is 13.8 Å². The SMILES string of the molecule is C/C=C/c1ccc2n(c1=O)C[C@@H]1[C@@H](CO)[C@H](C(=O)NCC)[C@H]2N1C(C)=O.C/C=C\c1ccc2n(c1=O)C[C@@H]1[C@@H](CO)[C@H](C(=O)NCC)[C@H]2N1C(C)=O. The summed E-state index contributed by atoms with van der Waals surface area (Å²) in [5.41, 5.74) is 2.19. The lowest BCUT2D eigenvalue weighted by molar-refractivity contribution is -0.136. The Balaban J connectivity index is 0.000000201. The number of hydrogen-bond donors (Lipinski definition) is 4. The van der Waals surface area contributed by atoms with Gasteiger partial charge in [-0.3, -0.25) is 28.8 Å². The van der Waals surface area contributed by atoms with E-state index in [9.17, 15) is 39.0 Å². The molecule has 0 aliphatic carbocycles. The van der Waals surface area contributed by atoms with E-state index < -0.39 is 35.8 Å². The lowest BCUT2D eigenvalue weighted by Gasteiger charge is -2.37. The van der Waals surface area contributed by atoms with E-state index in [1.54, 1.807) is 55.4 Å². The number of fused-ring (bicyclic) bond motifs is 8. The highest BCUT2D eigenvalue weighted by Crippen LogP contribution is 2.49. The van der Waals surface area contributed by atoms with E-state index in [-0.39, 0.29) is 73.1 Å².